The fraction of sp³-hybridized carbons (Fsp3) is 0.400. The second-order valence-corrected chi connectivity index (χ2v) is 3.30. The Morgan fingerprint density at radius 2 is 2.05 bits per heavy atom. The minimum absolute atomic E-state index is 0.247. The van der Waals surface area contributed by atoms with Gasteiger partial charge in [0, 0.05) is 0 Å². The largest absolute Gasteiger partial charge is 0.506 e. The third kappa shape index (κ3) is 3.09. The lowest BCUT2D eigenvalue weighted by molar-refractivity contribution is -0.140. The van der Waals surface area contributed by atoms with E-state index >= 15 is 0 Å². The van der Waals surface area contributed by atoms with E-state index in [4.69, 9.17) is 5.11 Å². The SMILES string of the molecule is CCOC(=O)c1ncc(O)c(C(F)F)c1C(F)(F)F. The molecule has 4 nitrogen and oxygen atoms in total. The van der Waals surface area contributed by atoms with Gasteiger partial charge in [0.05, 0.1) is 18.4 Å². The summed E-state index contributed by atoms with van der Waals surface area (Å²) in [6, 6.07) is 0. The molecule has 0 bridgehead atoms. The predicted molar refractivity (Wildman–Crippen MR) is 51.8 cm³/mol. The Labute approximate surface area is 103 Å². The van der Waals surface area contributed by atoms with Crippen LogP contribution >= 0.6 is 0 Å². The van der Waals surface area contributed by atoms with Gasteiger partial charge in [0.15, 0.2) is 5.69 Å². The lowest BCUT2D eigenvalue weighted by Gasteiger charge is -2.16. The molecule has 106 valence electrons. The number of hydrogen-bond donors (Lipinski definition) is 1. The Bertz CT molecular complexity index is 487. The maximum atomic E-state index is 12.8. The van der Waals surface area contributed by atoms with Crippen LogP contribution in [-0.2, 0) is 10.9 Å². The summed E-state index contributed by atoms with van der Waals surface area (Å²) in [5.74, 6) is -2.83. The highest BCUT2D eigenvalue weighted by Gasteiger charge is 2.43. The molecule has 1 aromatic heterocycles. The van der Waals surface area contributed by atoms with E-state index in [9.17, 15) is 26.7 Å². The number of carbonyl (C=O) groups is 1. The molecule has 0 saturated carbocycles. The van der Waals surface area contributed by atoms with Crippen LogP contribution in [0.15, 0.2) is 6.20 Å². The van der Waals surface area contributed by atoms with Crippen molar-refractivity contribution in [2.45, 2.75) is 19.5 Å². The first-order chi connectivity index (χ1) is 8.70. The average molecular weight is 285 g/mol. The van der Waals surface area contributed by atoms with Crippen LogP contribution in [0.1, 0.15) is 35.0 Å². The van der Waals surface area contributed by atoms with E-state index in [2.05, 4.69) is 9.72 Å². The summed E-state index contributed by atoms with van der Waals surface area (Å²) < 4.78 is 67.8. The lowest BCUT2D eigenvalue weighted by Crippen LogP contribution is -2.20. The second kappa shape index (κ2) is 5.37. The molecule has 0 unspecified atom stereocenters. The molecule has 0 saturated heterocycles. The van der Waals surface area contributed by atoms with Crippen molar-refractivity contribution in [2.24, 2.45) is 0 Å². The van der Waals surface area contributed by atoms with Gasteiger partial charge in [-0.2, -0.15) is 13.2 Å². The number of nitrogens with zero attached hydrogens (tertiary/aromatic N) is 1. The van der Waals surface area contributed by atoms with Crippen molar-refractivity contribution < 1.29 is 36.6 Å². The van der Waals surface area contributed by atoms with Gasteiger partial charge in [-0.1, -0.05) is 0 Å². The molecule has 0 amide bonds. The molecule has 1 aromatic rings. The van der Waals surface area contributed by atoms with Gasteiger partial charge in [0.25, 0.3) is 6.43 Å². The first kappa shape index (κ1) is 15.1. The highest BCUT2D eigenvalue weighted by molar-refractivity contribution is 5.89. The van der Waals surface area contributed by atoms with Crippen molar-refractivity contribution in [1.29, 1.82) is 0 Å². The summed E-state index contributed by atoms with van der Waals surface area (Å²) in [5.41, 5.74) is -4.98. The molecule has 0 aromatic carbocycles. The van der Waals surface area contributed by atoms with Gasteiger partial charge in [-0.15, -0.1) is 0 Å². The average Bonchev–Trinajstić information content (AvgIpc) is 2.26. The molecule has 0 atom stereocenters. The van der Waals surface area contributed by atoms with Gasteiger partial charge >= 0.3 is 12.1 Å². The maximum absolute atomic E-state index is 12.8. The summed E-state index contributed by atoms with van der Waals surface area (Å²) >= 11 is 0. The highest BCUT2D eigenvalue weighted by atomic mass is 19.4. The monoisotopic (exact) mass is 285 g/mol. The van der Waals surface area contributed by atoms with Gasteiger partial charge < -0.3 is 9.84 Å². The normalized spacial score (nSPS) is 11.7. The van der Waals surface area contributed by atoms with Crippen LogP contribution in [0.2, 0.25) is 0 Å². The number of alkyl halides is 5. The van der Waals surface area contributed by atoms with Crippen LogP contribution in [0.25, 0.3) is 0 Å². The molecular formula is C10H8F5NO3. The third-order valence-corrected chi connectivity index (χ3v) is 2.07. The molecule has 1 heterocycles. The zero-order valence-electron chi connectivity index (χ0n) is 9.46. The van der Waals surface area contributed by atoms with Crippen molar-refractivity contribution in [3.05, 3.63) is 23.0 Å². The highest BCUT2D eigenvalue weighted by Crippen LogP contribution is 2.41. The summed E-state index contributed by atoms with van der Waals surface area (Å²) in [6.45, 7) is 1.09. The molecule has 0 radical (unpaired) electrons. The standard InChI is InChI=1S/C10H8F5NO3/c1-2-19-9(18)7-6(10(13,14)15)5(8(11)12)4(17)3-16-7/h3,8,17H,2H2,1H3. The minimum atomic E-state index is -5.28. The van der Waals surface area contributed by atoms with Crippen LogP contribution in [-0.4, -0.2) is 22.7 Å². The van der Waals surface area contributed by atoms with E-state index in [1.807, 2.05) is 0 Å². The Morgan fingerprint density at radius 1 is 1.47 bits per heavy atom. The topological polar surface area (TPSA) is 59.4 Å². The summed E-state index contributed by atoms with van der Waals surface area (Å²) in [6.07, 6.45) is -8.55. The van der Waals surface area contributed by atoms with E-state index in [-0.39, 0.29) is 6.61 Å². The molecular weight excluding hydrogens is 277 g/mol. The van der Waals surface area contributed by atoms with Crippen LogP contribution in [0, 0.1) is 0 Å². The van der Waals surface area contributed by atoms with Crippen LogP contribution in [0.4, 0.5) is 22.0 Å². The number of halogens is 5. The first-order valence-electron chi connectivity index (χ1n) is 4.94. The van der Waals surface area contributed by atoms with Gasteiger partial charge in [-0.3, -0.25) is 0 Å². The number of aromatic nitrogens is 1. The van der Waals surface area contributed by atoms with Crippen LogP contribution in [0.5, 0.6) is 5.75 Å². The van der Waals surface area contributed by atoms with Gasteiger partial charge in [-0.05, 0) is 6.92 Å². The molecule has 0 spiro atoms. The second-order valence-electron chi connectivity index (χ2n) is 3.30. The minimum Gasteiger partial charge on any atom is -0.506 e. The molecule has 19 heavy (non-hydrogen) atoms. The summed E-state index contributed by atoms with van der Waals surface area (Å²) in [4.78, 5) is 14.3. The maximum Gasteiger partial charge on any atom is 0.419 e. The van der Waals surface area contributed by atoms with Crippen molar-refractivity contribution in [2.75, 3.05) is 6.61 Å². The number of rotatable bonds is 3. The molecule has 9 heteroatoms. The van der Waals surface area contributed by atoms with Crippen LogP contribution in [0.3, 0.4) is 0 Å². The van der Waals surface area contributed by atoms with Crippen molar-refractivity contribution in [3.63, 3.8) is 0 Å². The number of carbonyl (C=O) groups excluding carboxylic acids is 1. The molecule has 1 rings (SSSR count). The number of pyridine rings is 1. The van der Waals surface area contributed by atoms with Gasteiger partial charge in [-0.25, -0.2) is 18.6 Å². The Kier molecular flexibility index (Phi) is 4.28. The van der Waals surface area contributed by atoms with Gasteiger partial charge in [0.1, 0.15) is 11.3 Å². The Balaban J connectivity index is 3.57. The third-order valence-electron chi connectivity index (χ3n) is 2.07. The van der Waals surface area contributed by atoms with E-state index in [0.717, 1.165) is 0 Å². The molecule has 0 fully saturated rings. The molecule has 0 aliphatic carbocycles. The van der Waals surface area contributed by atoms with E-state index in [0.29, 0.717) is 6.20 Å². The fourth-order valence-corrected chi connectivity index (χ4v) is 1.38. The smallest absolute Gasteiger partial charge is 0.419 e. The fourth-order valence-electron chi connectivity index (χ4n) is 1.38. The Morgan fingerprint density at radius 3 is 2.47 bits per heavy atom. The van der Waals surface area contributed by atoms with Crippen molar-refractivity contribution in [3.8, 4) is 5.75 Å². The molecule has 0 aliphatic rings. The van der Waals surface area contributed by atoms with Crippen molar-refractivity contribution >= 4 is 5.97 Å². The number of hydrogen-bond acceptors (Lipinski definition) is 4. The Hall–Kier alpha value is -1.93. The summed E-state index contributed by atoms with van der Waals surface area (Å²) in [5, 5.41) is 9.07. The number of aromatic hydroxyl groups is 1. The van der Waals surface area contributed by atoms with E-state index in [1.54, 1.807) is 0 Å². The van der Waals surface area contributed by atoms with Crippen molar-refractivity contribution in [1.82, 2.24) is 4.98 Å². The van der Waals surface area contributed by atoms with E-state index in [1.165, 1.54) is 6.92 Å². The zero-order chi connectivity index (χ0) is 14.8. The molecule has 1 N–H and O–H groups in total. The van der Waals surface area contributed by atoms with Crippen LogP contribution < -0.4 is 0 Å². The first-order valence-corrected chi connectivity index (χ1v) is 4.94. The van der Waals surface area contributed by atoms with Gasteiger partial charge in [0.2, 0.25) is 0 Å². The number of ether oxygens (including phenoxy) is 1. The number of esters is 1. The quantitative estimate of drug-likeness (QED) is 0.685. The summed E-state index contributed by atoms with van der Waals surface area (Å²) in [7, 11) is 0. The molecule has 0 aliphatic heterocycles. The predicted octanol–water partition coefficient (Wildman–Crippen LogP) is 2.92. The lowest BCUT2D eigenvalue weighted by atomic mass is 10.1. The zero-order valence-corrected chi connectivity index (χ0v) is 9.46. The van der Waals surface area contributed by atoms with E-state index < -0.39 is 41.1 Å².